The van der Waals surface area contributed by atoms with E-state index in [1.807, 2.05) is 25.1 Å². The summed E-state index contributed by atoms with van der Waals surface area (Å²) < 4.78 is 11.2. The van der Waals surface area contributed by atoms with Gasteiger partial charge >= 0.3 is 6.03 Å². The molecule has 0 unspecified atom stereocenters. The minimum absolute atomic E-state index is 0.152. The van der Waals surface area contributed by atoms with Crippen LogP contribution in [0.1, 0.15) is 18.1 Å². The van der Waals surface area contributed by atoms with Crippen LogP contribution in [0.5, 0.6) is 11.5 Å². The molecular weight excluding hydrogens is 456 g/mol. The zero-order valence-electron chi connectivity index (χ0n) is 18.3. The maximum Gasteiger partial charge on any atom is 0.335 e. The number of hydrogen-bond donors (Lipinski definition) is 1. The topological polar surface area (TPSA) is 84.9 Å². The second-order valence-corrected chi connectivity index (χ2v) is 7.81. The molecular formula is C26H21ClN2O5. The van der Waals surface area contributed by atoms with Gasteiger partial charge in [-0.3, -0.25) is 14.9 Å². The fraction of sp³-hybridized carbons (Fsp3) is 0.115. The Morgan fingerprint density at radius 3 is 2.26 bits per heavy atom. The monoisotopic (exact) mass is 476 g/mol. The van der Waals surface area contributed by atoms with Gasteiger partial charge in [0, 0.05) is 5.02 Å². The van der Waals surface area contributed by atoms with Crippen molar-refractivity contribution in [2.45, 2.75) is 13.5 Å². The number of amides is 4. The SMILES string of the molecule is CCOc1ccc(N2C(=O)NC(=O)/C(=C\c3ccc(OCc4cccc(Cl)c4)cc3)C2=O)cc1. The minimum Gasteiger partial charge on any atom is -0.494 e. The van der Waals surface area contributed by atoms with Gasteiger partial charge in [0.05, 0.1) is 12.3 Å². The molecule has 4 amide bonds. The number of carbonyl (C=O) groups is 3. The van der Waals surface area contributed by atoms with E-state index in [-0.39, 0.29) is 5.57 Å². The van der Waals surface area contributed by atoms with Crippen LogP contribution < -0.4 is 19.7 Å². The lowest BCUT2D eigenvalue weighted by atomic mass is 10.1. The van der Waals surface area contributed by atoms with Crippen molar-refractivity contribution in [3.05, 3.63) is 94.5 Å². The number of barbiturate groups is 1. The number of rotatable bonds is 7. The van der Waals surface area contributed by atoms with Crippen molar-refractivity contribution in [1.29, 1.82) is 0 Å². The van der Waals surface area contributed by atoms with Crippen LogP contribution >= 0.6 is 11.6 Å². The van der Waals surface area contributed by atoms with Crippen molar-refractivity contribution < 1.29 is 23.9 Å². The van der Waals surface area contributed by atoms with Crippen LogP contribution in [0.25, 0.3) is 6.08 Å². The second kappa shape index (κ2) is 10.2. The van der Waals surface area contributed by atoms with Crippen molar-refractivity contribution in [2.75, 3.05) is 11.5 Å². The van der Waals surface area contributed by atoms with E-state index in [4.69, 9.17) is 21.1 Å². The van der Waals surface area contributed by atoms with Crippen molar-refractivity contribution in [3.8, 4) is 11.5 Å². The van der Waals surface area contributed by atoms with Gasteiger partial charge in [-0.2, -0.15) is 0 Å². The molecule has 3 aromatic rings. The number of imide groups is 2. The molecule has 1 heterocycles. The number of halogens is 1. The van der Waals surface area contributed by atoms with Crippen molar-refractivity contribution in [1.82, 2.24) is 5.32 Å². The van der Waals surface area contributed by atoms with Crippen LogP contribution in [-0.2, 0) is 16.2 Å². The molecule has 7 nitrogen and oxygen atoms in total. The van der Waals surface area contributed by atoms with E-state index >= 15 is 0 Å². The maximum absolute atomic E-state index is 13.0. The first-order valence-corrected chi connectivity index (χ1v) is 10.9. The number of nitrogens with one attached hydrogen (secondary N) is 1. The van der Waals surface area contributed by atoms with Crippen LogP contribution in [0.3, 0.4) is 0 Å². The highest BCUT2D eigenvalue weighted by atomic mass is 35.5. The van der Waals surface area contributed by atoms with Gasteiger partial charge in [-0.1, -0.05) is 35.9 Å². The summed E-state index contributed by atoms with van der Waals surface area (Å²) >= 11 is 5.99. The Morgan fingerprint density at radius 2 is 1.59 bits per heavy atom. The van der Waals surface area contributed by atoms with Crippen molar-refractivity contribution in [3.63, 3.8) is 0 Å². The molecule has 0 saturated carbocycles. The molecule has 0 aliphatic carbocycles. The third-order valence-electron chi connectivity index (χ3n) is 4.99. The van der Waals surface area contributed by atoms with Crippen LogP contribution in [0.4, 0.5) is 10.5 Å². The van der Waals surface area contributed by atoms with Crippen molar-refractivity contribution in [2.24, 2.45) is 0 Å². The zero-order valence-corrected chi connectivity index (χ0v) is 19.0. The first-order valence-electron chi connectivity index (χ1n) is 10.6. The Hall–Kier alpha value is -4.10. The number of hydrogen-bond acceptors (Lipinski definition) is 5. The molecule has 0 aromatic heterocycles. The highest BCUT2D eigenvalue weighted by Gasteiger charge is 2.36. The Labute approximate surface area is 201 Å². The van der Waals surface area contributed by atoms with Gasteiger partial charge in [0.1, 0.15) is 23.7 Å². The van der Waals surface area contributed by atoms with E-state index < -0.39 is 17.8 Å². The average Bonchev–Trinajstić information content (AvgIpc) is 2.82. The standard InChI is InChI=1S/C26H21ClN2O5/c1-2-33-21-12-8-20(9-13-21)29-25(31)23(24(30)28-26(29)32)15-17-6-10-22(11-7-17)34-16-18-4-3-5-19(27)14-18/h3-15H,2,16H2,1H3,(H,28,30,32)/b23-15+. The second-order valence-electron chi connectivity index (χ2n) is 7.37. The number of anilines is 1. The number of urea groups is 1. The van der Waals surface area contributed by atoms with E-state index in [0.717, 1.165) is 10.5 Å². The molecule has 172 valence electrons. The highest BCUT2D eigenvalue weighted by molar-refractivity contribution is 6.39. The van der Waals surface area contributed by atoms with Crippen LogP contribution in [0.15, 0.2) is 78.4 Å². The van der Waals surface area contributed by atoms with Gasteiger partial charge < -0.3 is 9.47 Å². The summed E-state index contributed by atoms with van der Waals surface area (Å²) in [5.41, 5.74) is 1.71. The van der Waals surface area contributed by atoms with Gasteiger partial charge in [-0.25, -0.2) is 9.69 Å². The molecule has 0 bridgehead atoms. The van der Waals surface area contributed by atoms with Gasteiger partial charge in [0.25, 0.3) is 11.8 Å². The van der Waals surface area contributed by atoms with E-state index in [1.54, 1.807) is 54.6 Å². The highest BCUT2D eigenvalue weighted by Crippen LogP contribution is 2.25. The molecule has 1 saturated heterocycles. The molecule has 0 spiro atoms. The summed E-state index contributed by atoms with van der Waals surface area (Å²) in [5, 5.41) is 2.85. The molecule has 0 radical (unpaired) electrons. The Bertz CT molecular complexity index is 1250. The van der Waals surface area contributed by atoms with Gasteiger partial charge in [-0.15, -0.1) is 0 Å². The first-order chi connectivity index (χ1) is 16.4. The Balaban J connectivity index is 1.50. The first kappa shape index (κ1) is 23.1. The summed E-state index contributed by atoms with van der Waals surface area (Å²) in [6.45, 7) is 2.70. The quantitative estimate of drug-likeness (QED) is 0.384. The molecule has 8 heteroatoms. The lowest BCUT2D eigenvalue weighted by Gasteiger charge is -2.26. The van der Waals surface area contributed by atoms with Crippen LogP contribution in [0, 0.1) is 0 Å². The predicted octanol–water partition coefficient (Wildman–Crippen LogP) is 4.98. The van der Waals surface area contributed by atoms with Crippen molar-refractivity contribution >= 4 is 41.2 Å². The van der Waals surface area contributed by atoms with Gasteiger partial charge in [-0.05, 0) is 72.7 Å². The normalized spacial score (nSPS) is 14.8. The summed E-state index contributed by atoms with van der Waals surface area (Å²) in [4.78, 5) is 38.7. The smallest absolute Gasteiger partial charge is 0.335 e. The van der Waals surface area contributed by atoms with Crippen LogP contribution in [0.2, 0.25) is 5.02 Å². The largest absolute Gasteiger partial charge is 0.494 e. The van der Waals surface area contributed by atoms with Gasteiger partial charge in [0.15, 0.2) is 0 Å². The minimum atomic E-state index is -0.805. The number of carbonyl (C=O) groups excluding carboxylic acids is 3. The molecule has 0 atom stereocenters. The van der Waals surface area contributed by atoms with E-state index in [9.17, 15) is 14.4 Å². The molecule has 34 heavy (non-hydrogen) atoms. The zero-order chi connectivity index (χ0) is 24.1. The fourth-order valence-electron chi connectivity index (χ4n) is 3.37. The molecule has 4 rings (SSSR count). The van der Waals surface area contributed by atoms with Gasteiger partial charge in [0.2, 0.25) is 0 Å². The van der Waals surface area contributed by atoms with Crippen LogP contribution in [-0.4, -0.2) is 24.5 Å². The third kappa shape index (κ3) is 5.27. The summed E-state index contributed by atoms with van der Waals surface area (Å²) in [6, 6.07) is 20.0. The Morgan fingerprint density at radius 1 is 0.912 bits per heavy atom. The molecule has 1 aliphatic heterocycles. The predicted molar refractivity (Wildman–Crippen MR) is 129 cm³/mol. The maximum atomic E-state index is 13.0. The average molecular weight is 477 g/mol. The Kier molecular flexibility index (Phi) is 6.94. The number of nitrogens with zero attached hydrogens (tertiary/aromatic N) is 1. The third-order valence-corrected chi connectivity index (χ3v) is 5.23. The molecule has 3 aromatic carbocycles. The number of benzene rings is 3. The fourth-order valence-corrected chi connectivity index (χ4v) is 3.58. The van der Waals surface area contributed by atoms with E-state index in [0.29, 0.717) is 41.0 Å². The summed E-state index contributed by atoms with van der Waals surface area (Å²) in [6.07, 6.45) is 1.44. The lowest BCUT2D eigenvalue weighted by molar-refractivity contribution is -0.122. The molecule has 1 aliphatic rings. The molecule has 1 fully saturated rings. The summed E-state index contributed by atoms with van der Waals surface area (Å²) in [5.74, 6) is -0.231. The number of ether oxygens (including phenoxy) is 2. The molecule has 1 N–H and O–H groups in total. The van der Waals surface area contributed by atoms with E-state index in [2.05, 4.69) is 5.32 Å². The lowest BCUT2D eigenvalue weighted by Crippen LogP contribution is -2.54. The van der Waals surface area contributed by atoms with E-state index in [1.165, 1.54) is 6.08 Å². The summed E-state index contributed by atoms with van der Waals surface area (Å²) in [7, 11) is 0.